The molecule has 0 radical (unpaired) electrons. The lowest BCUT2D eigenvalue weighted by Gasteiger charge is -2.01. The maximum atomic E-state index is 11.5. The fourth-order valence-electron chi connectivity index (χ4n) is 1.34. The van der Waals surface area contributed by atoms with E-state index < -0.39 is 0 Å². The summed E-state index contributed by atoms with van der Waals surface area (Å²) in [4.78, 5) is 11.5. The van der Waals surface area contributed by atoms with Crippen molar-refractivity contribution in [1.82, 2.24) is 0 Å². The van der Waals surface area contributed by atoms with Crippen LogP contribution in [0.25, 0.3) is 0 Å². The molecule has 15 heavy (non-hydrogen) atoms. The molecule has 0 spiro atoms. The zero-order valence-electron chi connectivity index (χ0n) is 8.90. The third kappa shape index (κ3) is 4.61. The number of benzene rings is 1. The first kappa shape index (κ1) is 11.7. The van der Waals surface area contributed by atoms with Crippen molar-refractivity contribution >= 4 is 5.78 Å². The number of rotatable bonds is 6. The molecule has 3 heteroatoms. The lowest BCUT2D eigenvalue weighted by atomic mass is 10.1. The van der Waals surface area contributed by atoms with E-state index in [1.807, 2.05) is 0 Å². The average molecular weight is 208 g/mol. The molecule has 0 bridgehead atoms. The van der Waals surface area contributed by atoms with Crippen molar-refractivity contribution in [2.24, 2.45) is 0 Å². The van der Waals surface area contributed by atoms with Gasteiger partial charge in [-0.1, -0.05) is 12.1 Å². The van der Waals surface area contributed by atoms with Crippen molar-refractivity contribution in [2.75, 3.05) is 13.7 Å². The van der Waals surface area contributed by atoms with E-state index in [-0.39, 0.29) is 11.5 Å². The minimum Gasteiger partial charge on any atom is -0.508 e. The molecule has 0 aliphatic rings. The molecule has 0 saturated carbocycles. The normalized spacial score (nSPS) is 10.2. The predicted octanol–water partition coefficient (Wildman–Crippen LogP) is 1.93. The number of phenolic OH excluding ortho intramolecular Hbond substituents is 1. The van der Waals surface area contributed by atoms with Crippen molar-refractivity contribution < 1.29 is 14.6 Å². The summed E-state index contributed by atoms with van der Waals surface area (Å²) >= 11 is 0. The molecule has 0 heterocycles. The highest BCUT2D eigenvalue weighted by molar-refractivity contribution is 5.80. The molecule has 0 aromatic heterocycles. The van der Waals surface area contributed by atoms with Crippen LogP contribution < -0.4 is 0 Å². The number of carbonyl (C=O) groups excluding carboxylic acids is 1. The summed E-state index contributed by atoms with van der Waals surface area (Å²) in [7, 11) is 1.63. The van der Waals surface area contributed by atoms with Gasteiger partial charge < -0.3 is 9.84 Å². The number of phenols is 1. The fraction of sp³-hybridized carbons (Fsp3) is 0.417. The zero-order chi connectivity index (χ0) is 11.1. The number of methoxy groups -OCH3 is 1. The summed E-state index contributed by atoms with van der Waals surface area (Å²) in [5.74, 6) is 0.434. The molecule has 0 saturated heterocycles. The molecule has 3 nitrogen and oxygen atoms in total. The predicted molar refractivity (Wildman–Crippen MR) is 57.9 cm³/mol. The summed E-state index contributed by atoms with van der Waals surface area (Å²) in [5, 5.41) is 9.06. The van der Waals surface area contributed by atoms with E-state index in [1.165, 1.54) is 0 Å². The number of ether oxygens (including phenoxy) is 1. The molecule has 0 unspecified atom stereocenters. The van der Waals surface area contributed by atoms with Crippen LogP contribution in [0.4, 0.5) is 0 Å². The Balaban J connectivity index is 2.34. The van der Waals surface area contributed by atoms with Gasteiger partial charge in [0, 0.05) is 26.6 Å². The maximum Gasteiger partial charge on any atom is 0.137 e. The standard InChI is InChI=1S/C12H16O3/c1-15-8-2-3-12(14)9-10-4-6-11(13)7-5-10/h4-7,13H,2-3,8-9H2,1H3. The van der Waals surface area contributed by atoms with E-state index in [0.717, 1.165) is 12.0 Å². The second kappa shape index (κ2) is 6.19. The average Bonchev–Trinajstić information content (AvgIpc) is 2.22. The minimum atomic E-state index is 0.206. The Morgan fingerprint density at radius 1 is 1.33 bits per heavy atom. The molecule has 1 rings (SSSR count). The largest absolute Gasteiger partial charge is 0.508 e. The Kier molecular flexibility index (Phi) is 4.84. The number of hydrogen-bond donors (Lipinski definition) is 1. The SMILES string of the molecule is COCCCC(=O)Cc1ccc(O)cc1. The van der Waals surface area contributed by atoms with Crippen molar-refractivity contribution in [2.45, 2.75) is 19.3 Å². The van der Waals surface area contributed by atoms with Gasteiger partial charge in [0.2, 0.25) is 0 Å². The number of hydrogen-bond acceptors (Lipinski definition) is 3. The van der Waals surface area contributed by atoms with Crippen molar-refractivity contribution in [1.29, 1.82) is 0 Å². The van der Waals surface area contributed by atoms with Gasteiger partial charge in [0.15, 0.2) is 0 Å². The van der Waals surface area contributed by atoms with Crippen LogP contribution in [0.5, 0.6) is 5.75 Å². The molecule has 0 amide bonds. The minimum absolute atomic E-state index is 0.206. The van der Waals surface area contributed by atoms with Gasteiger partial charge in [0.25, 0.3) is 0 Å². The zero-order valence-corrected chi connectivity index (χ0v) is 8.90. The summed E-state index contributed by atoms with van der Waals surface area (Å²) < 4.78 is 4.87. The van der Waals surface area contributed by atoms with Crippen molar-refractivity contribution in [3.63, 3.8) is 0 Å². The second-order valence-electron chi connectivity index (χ2n) is 3.48. The third-order valence-electron chi connectivity index (χ3n) is 2.14. The summed E-state index contributed by atoms with van der Waals surface area (Å²) in [5.41, 5.74) is 0.940. The first-order valence-electron chi connectivity index (χ1n) is 5.01. The number of Topliss-reactive ketones (excluding diaryl/α,β-unsaturated/α-hetero) is 1. The van der Waals surface area contributed by atoms with Gasteiger partial charge in [0.05, 0.1) is 0 Å². The Bertz CT molecular complexity index is 303. The Morgan fingerprint density at radius 3 is 2.60 bits per heavy atom. The van der Waals surface area contributed by atoms with Crippen LogP contribution in [0.1, 0.15) is 18.4 Å². The van der Waals surface area contributed by atoms with Crippen LogP contribution in [0.15, 0.2) is 24.3 Å². The van der Waals surface area contributed by atoms with Gasteiger partial charge in [-0.2, -0.15) is 0 Å². The van der Waals surface area contributed by atoms with Crippen molar-refractivity contribution in [3.05, 3.63) is 29.8 Å². The summed E-state index contributed by atoms with van der Waals surface area (Å²) in [6, 6.07) is 6.72. The molecule has 0 atom stereocenters. The lowest BCUT2D eigenvalue weighted by Crippen LogP contribution is -2.04. The smallest absolute Gasteiger partial charge is 0.137 e. The first-order valence-corrected chi connectivity index (χ1v) is 5.01. The molecule has 0 aliphatic heterocycles. The number of aromatic hydroxyl groups is 1. The second-order valence-corrected chi connectivity index (χ2v) is 3.48. The maximum absolute atomic E-state index is 11.5. The van der Waals surface area contributed by atoms with Crippen LogP contribution in [0, 0.1) is 0 Å². The lowest BCUT2D eigenvalue weighted by molar-refractivity contribution is -0.118. The molecule has 0 fully saturated rings. The molecular formula is C12H16O3. The van der Waals surface area contributed by atoms with Gasteiger partial charge in [0.1, 0.15) is 11.5 Å². The van der Waals surface area contributed by atoms with E-state index in [1.54, 1.807) is 31.4 Å². The first-order chi connectivity index (χ1) is 7.22. The quantitative estimate of drug-likeness (QED) is 0.726. The van der Waals surface area contributed by atoms with Crippen molar-refractivity contribution in [3.8, 4) is 5.75 Å². The van der Waals surface area contributed by atoms with Gasteiger partial charge >= 0.3 is 0 Å². The van der Waals surface area contributed by atoms with E-state index in [9.17, 15) is 4.79 Å². The summed E-state index contributed by atoms with van der Waals surface area (Å²) in [6.07, 6.45) is 1.76. The molecule has 0 aliphatic carbocycles. The van der Waals surface area contributed by atoms with Gasteiger partial charge in [-0.25, -0.2) is 0 Å². The van der Waals surface area contributed by atoms with Gasteiger partial charge in [-0.15, -0.1) is 0 Å². The molecular weight excluding hydrogens is 192 g/mol. The van der Waals surface area contributed by atoms with Gasteiger partial charge in [-0.3, -0.25) is 4.79 Å². The van der Waals surface area contributed by atoms with E-state index in [2.05, 4.69) is 0 Å². The molecule has 82 valence electrons. The summed E-state index contributed by atoms with van der Waals surface area (Å²) in [6.45, 7) is 0.626. The number of carbonyl (C=O) groups is 1. The van der Waals surface area contributed by atoms with Crippen LogP contribution in [-0.2, 0) is 16.0 Å². The highest BCUT2D eigenvalue weighted by Crippen LogP contribution is 2.11. The van der Waals surface area contributed by atoms with E-state index in [4.69, 9.17) is 9.84 Å². The number of ketones is 1. The molecule has 1 aromatic carbocycles. The molecule has 1 aromatic rings. The van der Waals surface area contributed by atoms with Crippen LogP contribution in [-0.4, -0.2) is 24.6 Å². The topological polar surface area (TPSA) is 46.5 Å². The molecule has 1 N–H and O–H groups in total. The van der Waals surface area contributed by atoms with Crippen LogP contribution >= 0.6 is 0 Å². The monoisotopic (exact) mass is 208 g/mol. The van der Waals surface area contributed by atoms with E-state index in [0.29, 0.717) is 19.4 Å². The fourth-order valence-corrected chi connectivity index (χ4v) is 1.34. The Hall–Kier alpha value is -1.35. The van der Waals surface area contributed by atoms with Crippen LogP contribution in [0.2, 0.25) is 0 Å². The van der Waals surface area contributed by atoms with Crippen LogP contribution in [0.3, 0.4) is 0 Å². The van der Waals surface area contributed by atoms with E-state index >= 15 is 0 Å². The highest BCUT2D eigenvalue weighted by Gasteiger charge is 2.03. The van der Waals surface area contributed by atoms with Gasteiger partial charge in [-0.05, 0) is 24.1 Å². The highest BCUT2D eigenvalue weighted by atomic mass is 16.5. The Labute approximate surface area is 89.7 Å². The Morgan fingerprint density at radius 2 is 2.00 bits per heavy atom. The third-order valence-corrected chi connectivity index (χ3v) is 2.14.